The van der Waals surface area contributed by atoms with E-state index >= 15 is 0 Å². The van der Waals surface area contributed by atoms with Crippen LogP contribution in [0.5, 0.6) is 5.75 Å². The van der Waals surface area contributed by atoms with Gasteiger partial charge >= 0.3 is 0 Å². The summed E-state index contributed by atoms with van der Waals surface area (Å²) in [5.74, 6) is 0.892. The van der Waals surface area contributed by atoms with Crippen LogP contribution in [-0.2, 0) is 6.42 Å². The normalized spacial score (nSPS) is 10.7. The Kier molecular flexibility index (Phi) is 3.06. The van der Waals surface area contributed by atoms with Crippen LogP contribution in [0.2, 0.25) is 0 Å². The molecule has 0 fully saturated rings. The van der Waals surface area contributed by atoms with Gasteiger partial charge in [0, 0.05) is 16.6 Å². The van der Waals surface area contributed by atoms with E-state index < -0.39 is 0 Å². The molecule has 1 aromatic heterocycles. The van der Waals surface area contributed by atoms with Crippen LogP contribution in [-0.4, -0.2) is 18.6 Å². The molecule has 0 radical (unpaired) electrons. The number of aryl methyl sites for hydroxylation is 1. The molecule has 0 atom stereocenters. The zero-order valence-corrected chi connectivity index (χ0v) is 9.66. The van der Waals surface area contributed by atoms with Gasteiger partial charge in [0.05, 0.1) is 12.6 Å². The van der Waals surface area contributed by atoms with Crippen LogP contribution in [0.25, 0.3) is 10.9 Å². The molecule has 0 aliphatic carbocycles. The summed E-state index contributed by atoms with van der Waals surface area (Å²) in [6.45, 7) is 2.61. The average molecular weight is 216 g/mol. The van der Waals surface area contributed by atoms with Crippen LogP contribution in [0.15, 0.2) is 24.3 Å². The standard InChI is InChI=1S/C13H16N2O/c1-9-3-4-10-11(7-8-14)13(16-2)6-5-12(10)15-9/h3-6H,7-8,14H2,1-2H3. The number of ether oxygens (including phenoxy) is 1. The number of pyridine rings is 1. The largest absolute Gasteiger partial charge is 0.496 e. The molecule has 0 saturated heterocycles. The first-order valence-electron chi connectivity index (χ1n) is 5.39. The van der Waals surface area contributed by atoms with Gasteiger partial charge in [0.15, 0.2) is 0 Å². The maximum absolute atomic E-state index is 5.63. The maximum Gasteiger partial charge on any atom is 0.122 e. The molecule has 1 aromatic carbocycles. The minimum atomic E-state index is 0.614. The van der Waals surface area contributed by atoms with Crippen molar-refractivity contribution in [2.45, 2.75) is 13.3 Å². The SMILES string of the molecule is COc1ccc2nc(C)ccc2c1CCN. The number of fused-ring (bicyclic) bond motifs is 1. The van der Waals surface area contributed by atoms with Gasteiger partial charge in [0.1, 0.15) is 5.75 Å². The van der Waals surface area contributed by atoms with Gasteiger partial charge in [0.25, 0.3) is 0 Å². The summed E-state index contributed by atoms with van der Waals surface area (Å²) in [6.07, 6.45) is 0.811. The first-order chi connectivity index (χ1) is 7.76. The first kappa shape index (κ1) is 10.9. The van der Waals surface area contributed by atoms with Crippen LogP contribution in [0, 0.1) is 6.92 Å². The lowest BCUT2D eigenvalue weighted by Crippen LogP contribution is -2.05. The summed E-state index contributed by atoms with van der Waals surface area (Å²) in [6, 6.07) is 8.05. The summed E-state index contributed by atoms with van der Waals surface area (Å²) < 4.78 is 5.35. The number of nitrogens with two attached hydrogens (primary N) is 1. The molecular weight excluding hydrogens is 200 g/mol. The Balaban J connectivity index is 2.68. The van der Waals surface area contributed by atoms with E-state index in [9.17, 15) is 0 Å². The predicted molar refractivity (Wildman–Crippen MR) is 65.8 cm³/mol. The lowest BCUT2D eigenvalue weighted by Gasteiger charge is -2.11. The van der Waals surface area contributed by atoms with E-state index in [1.807, 2.05) is 25.1 Å². The van der Waals surface area contributed by atoms with E-state index in [-0.39, 0.29) is 0 Å². The van der Waals surface area contributed by atoms with Gasteiger partial charge in [-0.2, -0.15) is 0 Å². The van der Waals surface area contributed by atoms with Gasteiger partial charge in [-0.05, 0) is 38.1 Å². The Labute approximate surface area is 95.2 Å². The van der Waals surface area contributed by atoms with Crippen molar-refractivity contribution in [3.63, 3.8) is 0 Å². The van der Waals surface area contributed by atoms with E-state index in [1.165, 1.54) is 0 Å². The van der Waals surface area contributed by atoms with Crippen molar-refractivity contribution in [2.24, 2.45) is 5.73 Å². The number of nitrogens with zero attached hydrogens (tertiary/aromatic N) is 1. The van der Waals surface area contributed by atoms with Crippen molar-refractivity contribution in [2.75, 3.05) is 13.7 Å². The highest BCUT2D eigenvalue weighted by Gasteiger charge is 2.08. The van der Waals surface area contributed by atoms with Gasteiger partial charge in [-0.25, -0.2) is 0 Å². The molecule has 3 heteroatoms. The molecule has 0 amide bonds. The fraction of sp³-hybridized carbons (Fsp3) is 0.308. The Morgan fingerprint density at radius 3 is 2.75 bits per heavy atom. The molecule has 16 heavy (non-hydrogen) atoms. The van der Waals surface area contributed by atoms with Crippen LogP contribution in [0.1, 0.15) is 11.3 Å². The van der Waals surface area contributed by atoms with E-state index in [1.54, 1.807) is 7.11 Å². The number of rotatable bonds is 3. The highest BCUT2D eigenvalue weighted by atomic mass is 16.5. The maximum atomic E-state index is 5.63. The minimum absolute atomic E-state index is 0.614. The van der Waals surface area contributed by atoms with Crippen molar-refractivity contribution < 1.29 is 4.74 Å². The van der Waals surface area contributed by atoms with E-state index in [2.05, 4.69) is 11.1 Å². The molecule has 0 aliphatic heterocycles. The number of benzene rings is 1. The fourth-order valence-corrected chi connectivity index (χ4v) is 1.94. The van der Waals surface area contributed by atoms with Crippen LogP contribution < -0.4 is 10.5 Å². The Morgan fingerprint density at radius 2 is 2.06 bits per heavy atom. The molecule has 1 heterocycles. The molecule has 0 saturated carbocycles. The van der Waals surface area contributed by atoms with Gasteiger partial charge in [-0.15, -0.1) is 0 Å². The highest BCUT2D eigenvalue weighted by molar-refractivity contribution is 5.84. The third kappa shape index (κ3) is 1.86. The summed E-state index contributed by atoms with van der Waals surface area (Å²) in [5, 5.41) is 1.13. The third-order valence-corrected chi connectivity index (χ3v) is 2.69. The van der Waals surface area contributed by atoms with E-state index in [4.69, 9.17) is 10.5 Å². The topological polar surface area (TPSA) is 48.1 Å². The van der Waals surface area contributed by atoms with Gasteiger partial charge in [-0.1, -0.05) is 6.07 Å². The number of hydrogen-bond donors (Lipinski definition) is 1. The predicted octanol–water partition coefficient (Wildman–Crippen LogP) is 2.05. The third-order valence-electron chi connectivity index (χ3n) is 2.69. The second-order valence-corrected chi connectivity index (χ2v) is 3.80. The monoisotopic (exact) mass is 216 g/mol. The smallest absolute Gasteiger partial charge is 0.122 e. The van der Waals surface area contributed by atoms with Crippen molar-refractivity contribution in [3.8, 4) is 5.75 Å². The fourth-order valence-electron chi connectivity index (χ4n) is 1.94. The lowest BCUT2D eigenvalue weighted by molar-refractivity contribution is 0.410. The highest BCUT2D eigenvalue weighted by Crippen LogP contribution is 2.27. The number of methoxy groups -OCH3 is 1. The van der Waals surface area contributed by atoms with Crippen molar-refractivity contribution in [3.05, 3.63) is 35.5 Å². The number of hydrogen-bond acceptors (Lipinski definition) is 3. The average Bonchev–Trinajstić information content (AvgIpc) is 2.29. The molecule has 0 bridgehead atoms. The Morgan fingerprint density at radius 1 is 1.25 bits per heavy atom. The molecule has 2 rings (SSSR count). The van der Waals surface area contributed by atoms with Crippen molar-refractivity contribution in [1.29, 1.82) is 0 Å². The molecule has 84 valence electrons. The Bertz CT molecular complexity index is 509. The van der Waals surface area contributed by atoms with Crippen LogP contribution in [0.3, 0.4) is 0 Å². The molecule has 0 spiro atoms. The lowest BCUT2D eigenvalue weighted by atomic mass is 10.0. The number of aromatic nitrogens is 1. The molecule has 3 nitrogen and oxygen atoms in total. The quantitative estimate of drug-likeness (QED) is 0.854. The van der Waals surface area contributed by atoms with Crippen LogP contribution in [0.4, 0.5) is 0 Å². The summed E-state index contributed by atoms with van der Waals surface area (Å²) >= 11 is 0. The zero-order chi connectivity index (χ0) is 11.5. The molecule has 2 N–H and O–H groups in total. The second kappa shape index (κ2) is 4.49. The van der Waals surface area contributed by atoms with Gasteiger partial charge < -0.3 is 10.5 Å². The van der Waals surface area contributed by atoms with Gasteiger partial charge in [-0.3, -0.25) is 4.98 Å². The minimum Gasteiger partial charge on any atom is -0.496 e. The van der Waals surface area contributed by atoms with Crippen LogP contribution >= 0.6 is 0 Å². The van der Waals surface area contributed by atoms with E-state index in [0.717, 1.165) is 34.3 Å². The second-order valence-electron chi connectivity index (χ2n) is 3.80. The summed E-state index contributed by atoms with van der Waals surface area (Å²) in [4.78, 5) is 4.50. The molecule has 0 aliphatic rings. The van der Waals surface area contributed by atoms with Crippen molar-refractivity contribution >= 4 is 10.9 Å². The van der Waals surface area contributed by atoms with E-state index in [0.29, 0.717) is 6.54 Å². The zero-order valence-electron chi connectivity index (χ0n) is 9.66. The van der Waals surface area contributed by atoms with Crippen molar-refractivity contribution in [1.82, 2.24) is 4.98 Å². The van der Waals surface area contributed by atoms with Gasteiger partial charge in [0.2, 0.25) is 0 Å². The molecule has 0 unspecified atom stereocenters. The summed E-state index contributed by atoms with van der Waals surface area (Å²) in [5.41, 5.74) is 8.81. The Hall–Kier alpha value is -1.61. The molecule has 2 aromatic rings. The molecular formula is C13H16N2O. The first-order valence-corrected chi connectivity index (χ1v) is 5.39. The summed E-state index contributed by atoms with van der Waals surface area (Å²) in [7, 11) is 1.68.